The van der Waals surface area contributed by atoms with E-state index < -0.39 is 0 Å². The second-order valence-corrected chi connectivity index (χ2v) is 4.07. The van der Waals surface area contributed by atoms with E-state index >= 15 is 0 Å². The molecule has 0 fully saturated rings. The van der Waals surface area contributed by atoms with Crippen LogP contribution in [-0.4, -0.2) is 33.6 Å². The average molecular weight is 223 g/mol. The molecule has 1 aromatic heterocycles. The van der Waals surface area contributed by atoms with Gasteiger partial charge in [0.1, 0.15) is 5.69 Å². The van der Waals surface area contributed by atoms with Crippen molar-refractivity contribution < 1.29 is 9.90 Å². The highest BCUT2D eigenvalue weighted by Crippen LogP contribution is 2.04. The monoisotopic (exact) mass is 223 g/mol. The molecule has 1 atom stereocenters. The number of rotatable bonds is 5. The second kappa shape index (κ2) is 6.17. The smallest absolute Gasteiger partial charge is 0.271 e. The number of hydrogen-bond acceptors (Lipinski definition) is 4. The highest BCUT2D eigenvalue weighted by Gasteiger charge is 2.14. The van der Waals surface area contributed by atoms with E-state index in [1.165, 1.54) is 18.6 Å². The van der Waals surface area contributed by atoms with Crippen molar-refractivity contribution in [2.45, 2.75) is 26.3 Å². The Kier molecular flexibility index (Phi) is 4.85. The first-order valence-electron chi connectivity index (χ1n) is 5.31. The van der Waals surface area contributed by atoms with Gasteiger partial charge in [0.25, 0.3) is 5.91 Å². The molecule has 1 rings (SSSR count). The first kappa shape index (κ1) is 12.6. The van der Waals surface area contributed by atoms with E-state index in [9.17, 15) is 4.79 Å². The predicted molar refractivity (Wildman–Crippen MR) is 59.8 cm³/mol. The van der Waals surface area contributed by atoms with Crippen LogP contribution in [0.5, 0.6) is 0 Å². The van der Waals surface area contributed by atoms with E-state index in [2.05, 4.69) is 15.3 Å². The summed E-state index contributed by atoms with van der Waals surface area (Å²) in [5, 5.41) is 11.8. The van der Waals surface area contributed by atoms with Gasteiger partial charge in [0.15, 0.2) is 0 Å². The lowest BCUT2D eigenvalue weighted by atomic mass is 10.0. The zero-order valence-electron chi connectivity index (χ0n) is 9.55. The standard InChI is InChI=1S/C11H17N3O2/c1-8(2)5-9(7-15)14-11(16)10-6-12-3-4-13-10/h3-4,6,8-9,15H,5,7H2,1-2H3,(H,14,16). The predicted octanol–water partition coefficient (Wildman–Crippen LogP) is 0.613. The van der Waals surface area contributed by atoms with Gasteiger partial charge in [-0.3, -0.25) is 9.78 Å². The summed E-state index contributed by atoms with van der Waals surface area (Å²) in [7, 11) is 0. The Hall–Kier alpha value is -1.49. The fourth-order valence-corrected chi connectivity index (χ4v) is 1.42. The number of carbonyl (C=O) groups excluding carboxylic acids is 1. The number of hydrogen-bond donors (Lipinski definition) is 2. The molecule has 88 valence electrons. The van der Waals surface area contributed by atoms with E-state index in [-0.39, 0.29) is 24.2 Å². The Morgan fingerprint density at radius 2 is 2.25 bits per heavy atom. The van der Waals surface area contributed by atoms with E-state index in [0.29, 0.717) is 5.92 Å². The number of carbonyl (C=O) groups is 1. The number of amides is 1. The lowest BCUT2D eigenvalue weighted by Crippen LogP contribution is -2.38. The van der Waals surface area contributed by atoms with Crippen LogP contribution < -0.4 is 5.32 Å². The van der Waals surface area contributed by atoms with Gasteiger partial charge in [-0.05, 0) is 12.3 Å². The minimum Gasteiger partial charge on any atom is -0.394 e. The maximum Gasteiger partial charge on any atom is 0.271 e. The topological polar surface area (TPSA) is 75.1 Å². The maximum atomic E-state index is 11.7. The van der Waals surface area contributed by atoms with Crippen LogP contribution in [0.3, 0.4) is 0 Å². The van der Waals surface area contributed by atoms with Crippen molar-refractivity contribution in [3.05, 3.63) is 24.3 Å². The zero-order chi connectivity index (χ0) is 12.0. The molecule has 0 saturated carbocycles. The Morgan fingerprint density at radius 3 is 2.75 bits per heavy atom. The van der Waals surface area contributed by atoms with Crippen molar-refractivity contribution in [3.8, 4) is 0 Å². The quantitative estimate of drug-likeness (QED) is 0.767. The third-order valence-corrected chi connectivity index (χ3v) is 2.11. The Bertz CT molecular complexity index is 327. The number of nitrogens with zero attached hydrogens (tertiary/aromatic N) is 2. The Morgan fingerprint density at radius 1 is 1.50 bits per heavy atom. The fraction of sp³-hybridized carbons (Fsp3) is 0.545. The Balaban J connectivity index is 2.56. The maximum absolute atomic E-state index is 11.7. The summed E-state index contributed by atoms with van der Waals surface area (Å²) >= 11 is 0. The van der Waals surface area contributed by atoms with Crippen LogP contribution in [0.15, 0.2) is 18.6 Å². The van der Waals surface area contributed by atoms with Gasteiger partial charge in [0.05, 0.1) is 18.8 Å². The van der Waals surface area contributed by atoms with Gasteiger partial charge in [-0.1, -0.05) is 13.8 Å². The second-order valence-electron chi connectivity index (χ2n) is 4.07. The summed E-state index contributed by atoms with van der Waals surface area (Å²) in [4.78, 5) is 19.4. The lowest BCUT2D eigenvalue weighted by molar-refractivity contribution is 0.0903. The average Bonchev–Trinajstić information content (AvgIpc) is 2.28. The molecule has 5 heteroatoms. The molecule has 0 aliphatic heterocycles. The minimum atomic E-state index is -0.298. The number of aliphatic hydroxyl groups is 1. The molecular weight excluding hydrogens is 206 g/mol. The van der Waals surface area contributed by atoms with Gasteiger partial charge in [-0.15, -0.1) is 0 Å². The lowest BCUT2D eigenvalue weighted by Gasteiger charge is -2.17. The highest BCUT2D eigenvalue weighted by molar-refractivity contribution is 5.92. The van der Waals surface area contributed by atoms with Crippen molar-refractivity contribution in [2.75, 3.05) is 6.61 Å². The molecule has 0 radical (unpaired) electrons. The van der Waals surface area contributed by atoms with Gasteiger partial charge in [-0.2, -0.15) is 0 Å². The van der Waals surface area contributed by atoms with Crippen LogP contribution in [0.1, 0.15) is 30.8 Å². The van der Waals surface area contributed by atoms with Gasteiger partial charge in [-0.25, -0.2) is 4.98 Å². The van der Waals surface area contributed by atoms with Crippen molar-refractivity contribution in [3.63, 3.8) is 0 Å². The SMILES string of the molecule is CC(C)CC(CO)NC(=O)c1cnccn1. The summed E-state index contributed by atoms with van der Waals surface area (Å²) in [6.07, 6.45) is 5.11. The zero-order valence-corrected chi connectivity index (χ0v) is 9.55. The van der Waals surface area contributed by atoms with Crippen molar-refractivity contribution in [2.24, 2.45) is 5.92 Å². The van der Waals surface area contributed by atoms with Gasteiger partial charge >= 0.3 is 0 Å². The van der Waals surface area contributed by atoms with Gasteiger partial charge in [0.2, 0.25) is 0 Å². The van der Waals surface area contributed by atoms with E-state index in [1.54, 1.807) is 0 Å². The van der Waals surface area contributed by atoms with Crippen molar-refractivity contribution >= 4 is 5.91 Å². The van der Waals surface area contributed by atoms with Crippen LogP contribution in [0.2, 0.25) is 0 Å². The van der Waals surface area contributed by atoms with Crippen LogP contribution in [0.4, 0.5) is 0 Å². The number of aromatic nitrogens is 2. The summed E-state index contributed by atoms with van der Waals surface area (Å²) in [6, 6.07) is -0.227. The molecule has 16 heavy (non-hydrogen) atoms. The molecule has 0 aliphatic carbocycles. The molecule has 0 spiro atoms. The van der Waals surface area contributed by atoms with Crippen molar-refractivity contribution in [1.82, 2.24) is 15.3 Å². The molecule has 0 aromatic carbocycles. The third kappa shape index (κ3) is 3.94. The van der Waals surface area contributed by atoms with E-state index in [1.807, 2.05) is 13.8 Å². The molecule has 1 aromatic rings. The molecular formula is C11H17N3O2. The molecule has 1 amide bonds. The van der Waals surface area contributed by atoms with Gasteiger partial charge < -0.3 is 10.4 Å². The number of aliphatic hydroxyl groups excluding tert-OH is 1. The van der Waals surface area contributed by atoms with Crippen LogP contribution in [0, 0.1) is 5.92 Å². The molecule has 0 bridgehead atoms. The first-order valence-corrected chi connectivity index (χ1v) is 5.31. The first-order chi connectivity index (χ1) is 7.63. The van der Waals surface area contributed by atoms with Crippen LogP contribution in [-0.2, 0) is 0 Å². The van der Waals surface area contributed by atoms with Crippen LogP contribution >= 0.6 is 0 Å². The van der Waals surface area contributed by atoms with Crippen LogP contribution in [0.25, 0.3) is 0 Å². The number of nitrogens with one attached hydrogen (secondary N) is 1. The van der Waals surface area contributed by atoms with E-state index in [4.69, 9.17) is 5.11 Å². The summed E-state index contributed by atoms with van der Waals surface area (Å²) in [6.45, 7) is 4.01. The molecule has 0 saturated heterocycles. The highest BCUT2D eigenvalue weighted by atomic mass is 16.3. The summed E-state index contributed by atoms with van der Waals surface area (Å²) in [5.74, 6) is 0.118. The molecule has 5 nitrogen and oxygen atoms in total. The minimum absolute atomic E-state index is 0.0653. The molecule has 0 aliphatic rings. The molecule has 2 N–H and O–H groups in total. The largest absolute Gasteiger partial charge is 0.394 e. The van der Waals surface area contributed by atoms with E-state index in [0.717, 1.165) is 6.42 Å². The third-order valence-electron chi connectivity index (χ3n) is 2.11. The fourth-order valence-electron chi connectivity index (χ4n) is 1.42. The van der Waals surface area contributed by atoms with Gasteiger partial charge in [0, 0.05) is 12.4 Å². The van der Waals surface area contributed by atoms with Crippen molar-refractivity contribution in [1.29, 1.82) is 0 Å². The normalized spacial score (nSPS) is 12.5. The summed E-state index contributed by atoms with van der Waals surface area (Å²) < 4.78 is 0. The summed E-state index contributed by atoms with van der Waals surface area (Å²) in [5.41, 5.74) is 0.268. The molecule has 1 unspecified atom stereocenters. The Labute approximate surface area is 94.9 Å². The molecule has 1 heterocycles.